The normalized spacial score (nSPS) is 24.1. The number of rotatable bonds is 4. The number of hydrogen-bond donors (Lipinski definition) is 1. The minimum absolute atomic E-state index is 0.328. The van der Waals surface area contributed by atoms with Crippen molar-refractivity contribution in [2.45, 2.75) is 33.0 Å². The second-order valence-electron chi connectivity index (χ2n) is 3.87. The lowest BCUT2D eigenvalue weighted by Gasteiger charge is -2.30. The molecule has 2 heteroatoms. The van der Waals surface area contributed by atoms with Gasteiger partial charge < -0.3 is 5.23 Å². The van der Waals surface area contributed by atoms with Crippen LogP contribution in [-0.2, 0) is 0 Å². The summed E-state index contributed by atoms with van der Waals surface area (Å²) in [5, 5.41) is 3.36. The van der Waals surface area contributed by atoms with Crippen molar-refractivity contribution in [2.75, 3.05) is 6.44 Å². The standard InChI is InChI=1S/C9H18BN/c1-5-9(4,6-2)8(3)10-7-11-10/h5,8,11H,1,6-7H2,2-4H3. The molecule has 1 saturated heterocycles. The Kier molecular flexibility index (Phi) is 2.43. The van der Waals surface area contributed by atoms with E-state index in [1.807, 2.05) is 0 Å². The Hall–Kier alpha value is -0.235. The van der Waals surface area contributed by atoms with E-state index < -0.39 is 0 Å². The zero-order chi connectivity index (χ0) is 8.48. The second-order valence-corrected chi connectivity index (χ2v) is 3.87. The Bertz CT molecular complexity index is 154. The van der Waals surface area contributed by atoms with E-state index in [4.69, 9.17) is 0 Å². The van der Waals surface area contributed by atoms with Crippen LogP contribution in [0.4, 0.5) is 0 Å². The Morgan fingerprint density at radius 2 is 2.36 bits per heavy atom. The highest BCUT2D eigenvalue weighted by Gasteiger charge is 2.40. The fraction of sp³-hybridized carbons (Fsp3) is 0.778. The molecule has 0 bridgehead atoms. The minimum atomic E-state index is 0.328. The van der Waals surface area contributed by atoms with Crippen LogP contribution in [0.3, 0.4) is 0 Å². The molecule has 1 fully saturated rings. The van der Waals surface area contributed by atoms with Gasteiger partial charge in [0.15, 0.2) is 0 Å². The summed E-state index contributed by atoms with van der Waals surface area (Å²) in [5.74, 6) is 0.727. The van der Waals surface area contributed by atoms with Crippen LogP contribution in [-0.4, -0.2) is 13.3 Å². The van der Waals surface area contributed by atoms with Crippen molar-refractivity contribution >= 4 is 6.85 Å². The lowest BCUT2D eigenvalue weighted by atomic mass is 9.52. The predicted molar refractivity (Wildman–Crippen MR) is 51.8 cm³/mol. The average Bonchev–Trinajstić information content (AvgIpc) is 2.84. The molecule has 1 rings (SSSR count). The Balaban J connectivity index is 2.58. The summed E-state index contributed by atoms with van der Waals surface area (Å²) in [5.41, 5.74) is 0.328. The number of nitrogens with one attached hydrogen (secondary N) is 1. The van der Waals surface area contributed by atoms with Gasteiger partial charge in [0, 0.05) is 0 Å². The second kappa shape index (κ2) is 3.02. The van der Waals surface area contributed by atoms with E-state index in [1.54, 1.807) is 0 Å². The minimum Gasteiger partial charge on any atom is -0.360 e. The maximum atomic E-state index is 3.91. The van der Waals surface area contributed by atoms with E-state index in [0.717, 1.165) is 12.7 Å². The van der Waals surface area contributed by atoms with Gasteiger partial charge in [0.25, 0.3) is 0 Å². The monoisotopic (exact) mass is 151 g/mol. The largest absolute Gasteiger partial charge is 0.360 e. The Labute approximate surface area is 70.4 Å². The van der Waals surface area contributed by atoms with E-state index in [2.05, 4.69) is 38.7 Å². The summed E-state index contributed by atoms with van der Waals surface area (Å²) in [4.78, 5) is 0. The van der Waals surface area contributed by atoms with E-state index in [-0.39, 0.29) is 0 Å². The molecule has 0 amide bonds. The summed E-state index contributed by atoms with van der Waals surface area (Å²) < 4.78 is 0. The molecule has 0 aromatic heterocycles. The van der Waals surface area contributed by atoms with Gasteiger partial charge in [0.2, 0.25) is 6.85 Å². The van der Waals surface area contributed by atoms with Crippen LogP contribution in [0.1, 0.15) is 27.2 Å². The van der Waals surface area contributed by atoms with Gasteiger partial charge in [0.1, 0.15) is 0 Å². The van der Waals surface area contributed by atoms with Crippen molar-refractivity contribution in [3.05, 3.63) is 12.7 Å². The average molecular weight is 151 g/mol. The van der Waals surface area contributed by atoms with E-state index in [9.17, 15) is 0 Å². The smallest absolute Gasteiger partial charge is 0.237 e. The predicted octanol–water partition coefficient (Wildman–Crippen LogP) is 2.11. The highest BCUT2D eigenvalue weighted by atomic mass is 14.9. The molecule has 0 aromatic carbocycles. The van der Waals surface area contributed by atoms with E-state index in [1.165, 1.54) is 12.9 Å². The third-order valence-corrected chi connectivity index (χ3v) is 3.31. The molecule has 0 radical (unpaired) electrons. The topological polar surface area (TPSA) is 21.9 Å². The quantitative estimate of drug-likeness (QED) is 0.371. The highest BCUT2D eigenvalue weighted by molar-refractivity contribution is 6.67. The van der Waals surface area contributed by atoms with E-state index >= 15 is 0 Å². The zero-order valence-electron chi connectivity index (χ0n) is 7.85. The highest BCUT2D eigenvalue weighted by Crippen LogP contribution is 2.39. The lowest BCUT2D eigenvalue weighted by Crippen LogP contribution is -2.25. The SMILES string of the molecule is C=CC(C)(CC)C(C)B1CN1. The van der Waals surface area contributed by atoms with Gasteiger partial charge in [-0.05, 0) is 24.1 Å². The number of hydrogen-bond acceptors (Lipinski definition) is 1. The first-order valence-corrected chi connectivity index (χ1v) is 4.51. The Morgan fingerprint density at radius 3 is 2.64 bits per heavy atom. The maximum Gasteiger partial charge on any atom is 0.237 e. The summed E-state index contributed by atoms with van der Waals surface area (Å²) >= 11 is 0. The van der Waals surface area contributed by atoms with Crippen LogP contribution in [0, 0.1) is 5.41 Å². The molecule has 0 saturated carbocycles. The fourth-order valence-electron chi connectivity index (χ4n) is 1.53. The molecule has 0 aliphatic carbocycles. The van der Waals surface area contributed by atoms with Crippen molar-refractivity contribution in [1.82, 2.24) is 5.23 Å². The van der Waals surface area contributed by atoms with Crippen molar-refractivity contribution < 1.29 is 0 Å². The molecule has 1 N–H and O–H groups in total. The van der Waals surface area contributed by atoms with Gasteiger partial charge in [0.05, 0.1) is 0 Å². The van der Waals surface area contributed by atoms with Gasteiger partial charge in [-0.15, -0.1) is 6.58 Å². The zero-order valence-corrected chi connectivity index (χ0v) is 7.85. The maximum absolute atomic E-state index is 3.91. The van der Waals surface area contributed by atoms with Crippen LogP contribution in [0.15, 0.2) is 12.7 Å². The van der Waals surface area contributed by atoms with Crippen LogP contribution < -0.4 is 5.23 Å². The molecule has 1 aliphatic rings. The molecular formula is C9H18BN. The summed E-state index contributed by atoms with van der Waals surface area (Å²) in [6.07, 6.45) is 4.50. The first kappa shape index (κ1) is 8.86. The molecule has 1 heterocycles. The van der Waals surface area contributed by atoms with Gasteiger partial charge in [-0.1, -0.05) is 26.8 Å². The van der Waals surface area contributed by atoms with E-state index in [0.29, 0.717) is 5.41 Å². The van der Waals surface area contributed by atoms with Crippen molar-refractivity contribution in [3.8, 4) is 0 Å². The van der Waals surface area contributed by atoms with Crippen molar-refractivity contribution in [3.63, 3.8) is 0 Å². The van der Waals surface area contributed by atoms with Crippen LogP contribution in [0.25, 0.3) is 0 Å². The molecule has 62 valence electrons. The molecule has 1 nitrogen and oxygen atoms in total. The first-order valence-electron chi connectivity index (χ1n) is 4.51. The molecular weight excluding hydrogens is 133 g/mol. The molecule has 0 spiro atoms. The van der Waals surface area contributed by atoms with Crippen LogP contribution in [0.5, 0.6) is 0 Å². The van der Waals surface area contributed by atoms with Crippen LogP contribution in [0.2, 0.25) is 5.82 Å². The lowest BCUT2D eigenvalue weighted by molar-refractivity contribution is 0.393. The fourth-order valence-corrected chi connectivity index (χ4v) is 1.53. The summed E-state index contributed by atoms with van der Waals surface area (Å²) in [7, 11) is 0. The summed E-state index contributed by atoms with van der Waals surface area (Å²) in [6.45, 7) is 11.5. The first-order chi connectivity index (χ1) is 5.14. The van der Waals surface area contributed by atoms with Gasteiger partial charge in [-0.3, -0.25) is 0 Å². The Morgan fingerprint density at radius 1 is 1.82 bits per heavy atom. The third-order valence-electron chi connectivity index (χ3n) is 3.31. The van der Waals surface area contributed by atoms with Gasteiger partial charge in [-0.2, -0.15) is 0 Å². The number of allylic oxidation sites excluding steroid dienone is 1. The summed E-state index contributed by atoms with van der Waals surface area (Å²) in [6, 6.07) is 0. The molecule has 1 aliphatic heterocycles. The molecule has 2 unspecified atom stereocenters. The molecule has 2 atom stereocenters. The van der Waals surface area contributed by atoms with Gasteiger partial charge >= 0.3 is 0 Å². The van der Waals surface area contributed by atoms with Crippen LogP contribution >= 0.6 is 0 Å². The van der Waals surface area contributed by atoms with Gasteiger partial charge in [-0.25, -0.2) is 0 Å². The molecule has 11 heavy (non-hydrogen) atoms. The third kappa shape index (κ3) is 1.67. The molecule has 0 aromatic rings. The van der Waals surface area contributed by atoms with Crippen molar-refractivity contribution in [1.29, 1.82) is 0 Å². The van der Waals surface area contributed by atoms with Crippen molar-refractivity contribution in [2.24, 2.45) is 5.41 Å².